The summed E-state index contributed by atoms with van der Waals surface area (Å²) >= 11 is 0. The van der Waals surface area contributed by atoms with Crippen LogP contribution >= 0.6 is 0 Å². The van der Waals surface area contributed by atoms with Gasteiger partial charge < -0.3 is 9.47 Å². The van der Waals surface area contributed by atoms with Crippen LogP contribution in [-0.2, 0) is 29.1 Å². The van der Waals surface area contributed by atoms with Crippen LogP contribution < -0.4 is 0 Å². The molecular weight excluding hydrogens is 442 g/mol. The minimum absolute atomic E-state index is 0.0446. The minimum Gasteiger partial charge on any atom is -0.459 e. The number of hydrogen-bond donors (Lipinski definition) is 0. The molecule has 8 heteroatoms. The highest BCUT2D eigenvalue weighted by atomic mass is 32.2. The Balaban J connectivity index is 1.61. The van der Waals surface area contributed by atoms with E-state index in [9.17, 15) is 18.0 Å². The smallest absolute Gasteiger partial charge is 0.344 e. The highest BCUT2D eigenvalue weighted by Crippen LogP contribution is 2.67. The van der Waals surface area contributed by atoms with Gasteiger partial charge in [-0.3, -0.25) is 4.79 Å². The van der Waals surface area contributed by atoms with Crippen LogP contribution in [0.1, 0.15) is 97.3 Å². The first kappa shape index (κ1) is 25.0. The molecule has 0 amide bonds. The summed E-state index contributed by atoms with van der Waals surface area (Å²) in [6, 6.07) is 0.207. The molecule has 4 aliphatic rings. The number of sulfonamides is 1. The van der Waals surface area contributed by atoms with E-state index in [1.54, 1.807) is 0 Å². The zero-order valence-corrected chi connectivity index (χ0v) is 21.1. The molecule has 33 heavy (non-hydrogen) atoms. The average Bonchev–Trinajstić information content (AvgIpc) is 3.13. The average molecular weight is 484 g/mol. The van der Waals surface area contributed by atoms with Gasteiger partial charge in [0.05, 0.1) is 5.75 Å². The van der Waals surface area contributed by atoms with Crippen LogP contribution in [0.2, 0.25) is 0 Å². The van der Waals surface area contributed by atoms with Crippen molar-refractivity contribution in [1.29, 1.82) is 0 Å². The van der Waals surface area contributed by atoms with Crippen LogP contribution in [-0.4, -0.2) is 55.7 Å². The van der Waals surface area contributed by atoms with E-state index in [1.165, 1.54) is 12.8 Å². The molecule has 0 aromatic heterocycles. The third-order valence-corrected chi connectivity index (χ3v) is 11.6. The van der Waals surface area contributed by atoms with Crippen molar-refractivity contribution in [2.24, 2.45) is 16.7 Å². The minimum atomic E-state index is -3.55. The predicted octanol–water partition coefficient (Wildman–Crippen LogP) is 4.19. The SMILES string of the molecule is CC1(C)[C@@H]2CC[C@@]1(CS(=O)(=O)N(C1CCCCC1)C1CCCCC1)[C@H](OC(=O)COC=O)C2. The summed E-state index contributed by atoms with van der Waals surface area (Å²) in [5.74, 6) is -0.220. The van der Waals surface area contributed by atoms with Gasteiger partial charge >= 0.3 is 5.97 Å². The summed E-state index contributed by atoms with van der Waals surface area (Å²) in [5, 5.41) is 0. The molecule has 0 aromatic rings. The van der Waals surface area contributed by atoms with Gasteiger partial charge in [-0.2, -0.15) is 4.31 Å². The third kappa shape index (κ3) is 4.71. The summed E-state index contributed by atoms with van der Waals surface area (Å²) in [6.45, 7) is 4.12. The van der Waals surface area contributed by atoms with E-state index in [4.69, 9.17) is 4.74 Å². The third-order valence-electron chi connectivity index (χ3n) is 9.53. The van der Waals surface area contributed by atoms with Gasteiger partial charge in [-0.25, -0.2) is 13.2 Å². The van der Waals surface area contributed by atoms with Crippen molar-refractivity contribution in [2.75, 3.05) is 12.4 Å². The molecule has 0 spiro atoms. The number of carbonyl (C=O) groups is 2. The molecule has 0 aliphatic heterocycles. The topological polar surface area (TPSA) is 90.0 Å². The van der Waals surface area contributed by atoms with Crippen LogP contribution in [0.4, 0.5) is 0 Å². The van der Waals surface area contributed by atoms with Gasteiger partial charge in [0.1, 0.15) is 6.10 Å². The quantitative estimate of drug-likeness (QED) is 0.361. The molecule has 4 rings (SSSR count). The van der Waals surface area contributed by atoms with E-state index >= 15 is 0 Å². The standard InChI is InChI=1S/C25H41NO6S/c1-24(2)19-13-14-25(24,22(15-19)32-23(28)16-31-18-27)17-33(29,30)26(20-9-5-3-6-10-20)21-11-7-4-8-12-21/h18-22H,3-17H2,1-2H3/t19-,22-,25-/m1/s1. The number of fused-ring (bicyclic) bond motifs is 2. The molecule has 4 aliphatic carbocycles. The molecule has 0 radical (unpaired) electrons. The lowest BCUT2D eigenvalue weighted by Gasteiger charge is -2.46. The van der Waals surface area contributed by atoms with E-state index in [0.29, 0.717) is 12.3 Å². The lowest BCUT2D eigenvalue weighted by molar-refractivity contribution is -0.164. The van der Waals surface area contributed by atoms with Crippen LogP contribution in [0.25, 0.3) is 0 Å². The molecule has 2 bridgehead atoms. The Morgan fingerprint density at radius 2 is 1.55 bits per heavy atom. The molecule has 3 atom stereocenters. The van der Waals surface area contributed by atoms with Crippen LogP contribution in [0.3, 0.4) is 0 Å². The fourth-order valence-corrected chi connectivity index (χ4v) is 10.5. The lowest BCUT2D eigenvalue weighted by atomic mass is 9.69. The van der Waals surface area contributed by atoms with Gasteiger partial charge in [0.2, 0.25) is 10.0 Å². The monoisotopic (exact) mass is 483 g/mol. The van der Waals surface area contributed by atoms with E-state index in [2.05, 4.69) is 18.6 Å². The van der Waals surface area contributed by atoms with Gasteiger partial charge in [-0.15, -0.1) is 0 Å². The molecule has 0 saturated heterocycles. The first-order valence-corrected chi connectivity index (χ1v) is 14.6. The van der Waals surface area contributed by atoms with Gasteiger partial charge in [-0.05, 0) is 56.3 Å². The Hall–Kier alpha value is -1.15. The zero-order valence-electron chi connectivity index (χ0n) is 20.3. The van der Waals surface area contributed by atoms with Gasteiger partial charge in [0, 0.05) is 17.5 Å². The first-order valence-electron chi connectivity index (χ1n) is 13.0. The maximum atomic E-state index is 14.3. The lowest BCUT2D eigenvalue weighted by Crippen LogP contribution is -2.54. The Kier molecular flexibility index (Phi) is 7.44. The van der Waals surface area contributed by atoms with E-state index < -0.39 is 34.1 Å². The van der Waals surface area contributed by atoms with Gasteiger partial charge in [0.15, 0.2) is 6.61 Å². The Morgan fingerprint density at radius 3 is 2.06 bits per heavy atom. The van der Waals surface area contributed by atoms with Gasteiger partial charge in [0.25, 0.3) is 6.47 Å². The van der Waals surface area contributed by atoms with Crippen LogP contribution in [0.5, 0.6) is 0 Å². The van der Waals surface area contributed by atoms with Crippen molar-refractivity contribution < 1.29 is 27.5 Å². The Morgan fingerprint density at radius 1 is 0.970 bits per heavy atom. The normalized spacial score (nSPS) is 32.7. The predicted molar refractivity (Wildman–Crippen MR) is 125 cm³/mol. The van der Waals surface area contributed by atoms with Crippen molar-refractivity contribution in [2.45, 2.75) is 116 Å². The summed E-state index contributed by atoms with van der Waals surface area (Å²) in [6.07, 6.45) is 12.5. The molecular formula is C25H41NO6S. The van der Waals surface area contributed by atoms with Crippen LogP contribution in [0.15, 0.2) is 0 Å². The second kappa shape index (κ2) is 9.84. The molecule has 0 N–H and O–H groups in total. The molecule has 4 fully saturated rings. The fourth-order valence-electron chi connectivity index (χ4n) is 7.62. The van der Waals surface area contributed by atoms with Crippen LogP contribution in [0, 0.1) is 16.7 Å². The summed E-state index contributed by atoms with van der Waals surface area (Å²) < 4.78 is 40.9. The van der Waals surface area contributed by atoms with E-state index in [1.807, 2.05) is 4.31 Å². The first-order chi connectivity index (χ1) is 15.7. The maximum Gasteiger partial charge on any atom is 0.344 e. The van der Waals surface area contributed by atoms with Crippen molar-refractivity contribution in [1.82, 2.24) is 4.31 Å². The van der Waals surface area contributed by atoms with Crippen molar-refractivity contribution in [3.8, 4) is 0 Å². The number of esters is 1. The van der Waals surface area contributed by atoms with Crippen molar-refractivity contribution >= 4 is 22.5 Å². The highest BCUT2D eigenvalue weighted by Gasteiger charge is 2.67. The molecule has 7 nitrogen and oxygen atoms in total. The molecule has 0 aromatic carbocycles. The number of rotatable bonds is 9. The van der Waals surface area contributed by atoms with Gasteiger partial charge in [-0.1, -0.05) is 52.4 Å². The Labute approximate surface area is 199 Å². The number of carbonyl (C=O) groups excluding carboxylic acids is 2. The molecule has 188 valence electrons. The summed E-state index contributed by atoms with van der Waals surface area (Å²) in [5.41, 5.74) is -0.837. The maximum absolute atomic E-state index is 14.3. The number of hydrogen-bond acceptors (Lipinski definition) is 6. The fraction of sp³-hybridized carbons (Fsp3) is 0.920. The van der Waals surface area contributed by atoms with Crippen molar-refractivity contribution in [3.05, 3.63) is 0 Å². The summed E-state index contributed by atoms with van der Waals surface area (Å²) in [4.78, 5) is 22.8. The van der Waals surface area contributed by atoms with E-state index in [-0.39, 0.29) is 29.7 Å². The second-order valence-electron chi connectivity index (χ2n) is 11.4. The zero-order chi connectivity index (χ0) is 23.7. The number of ether oxygens (including phenoxy) is 2. The second-order valence-corrected chi connectivity index (χ2v) is 13.3. The number of nitrogens with zero attached hydrogens (tertiary/aromatic N) is 1. The highest BCUT2D eigenvalue weighted by molar-refractivity contribution is 7.89. The molecule has 4 saturated carbocycles. The van der Waals surface area contributed by atoms with Crippen molar-refractivity contribution in [3.63, 3.8) is 0 Å². The molecule has 0 unspecified atom stereocenters. The molecule has 0 heterocycles. The van der Waals surface area contributed by atoms with E-state index in [0.717, 1.165) is 64.2 Å². The largest absolute Gasteiger partial charge is 0.459 e. The Bertz CT molecular complexity index is 797. The summed E-state index contributed by atoms with van der Waals surface area (Å²) in [7, 11) is -3.55.